The lowest BCUT2D eigenvalue weighted by atomic mass is 9.83. The van der Waals surface area contributed by atoms with Gasteiger partial charge in [0.15, 0.2) is 0 Å². The van der Waals surface area contributed by atoms with Gasteiger partial charge in [-0.15, -0.1) is 0 Å². The zero-order valence-electron chi connectivity index (χ0n) is 12.1. The lowest BCUT2D eigenvalue weighted by molar-refractivity contribution is 0.0912. The number of hydrogen-bond acceptors (Lipinski definition) is 3. The SMILES string of the molecule is CCC(CC)(CS)CN(C)C1CCCN(C)C1. The van der Waals surface area contributed by atoms with Crippen LogP contribution in [0.2, 0.25) is 0 Å². The summed E-state index contributed by atoms with van der Waals surface area (Å²) < 4.78 is 0. The van der Waals surface area contributed by atoms with Gasteiger partial charge in [0.1, 0.15) is 0 Å². The van der Waals surface area contributed by atoms with Gasteiger partial charge in [0.2, 0.25) is 0 Å². The first-order valence-corrected chi connectivity index (χ1v) is 7.69. The molecule has 1 atom stereocenters. The summed E-state index contributed by atoms with van der Waals surface area (Å²) in [5.74, 6) is 1.01. The maximum atomic E-state index is 4.58. The molecule has 0 saturated carbocycles. The number of rotatable bonds is 6. The quantitative estimate of drug-likeness (QED) is 0.732. The molecule has 1 fully saturated rings. The van der Waals surface area contributed by atoms with Crippen LogP contribution < -0.4 is 0 Å². The van der Waals surface area contributed by atoms with Crippen LogP contribution in [0.25, 0.3) is 0 Å². The average Bonchev–Trinajstić information content (AvgIpc) is 2.36. The van der Waals surface area contributed by atoms with Crippen LogP contribution in [0.15, 0.2) is 0 Å². The Balaban J connectivity index is 2.54. The van der Waals surface area contributed by atoms with Crippen molar-refractivity contribution in [2.75, 3.05) is 39.5 Å². The number of hydrogen-bond donors (Lipinski definition) is 1. The highest BCUT2D eigenvalue weighted by Crippen LogP contribution is 2.30. The molecule has 102 valence electrons. The largest absolute Gasteiger partial charge is 0.305 e. The summed E-state index contributed by atoms with van der Waals surface area (Å²) in [5.41, 5.74) is 0.411. The molecule has 0 aromatic carbocycles. The molecule has 0 aromatic heterocycles. The van der Waals surface area contributed by atoms with Gasteiger partial charge in [0, 0.05) is 19.1 Å². The topological polar surface area (TPSA) is 6.48 Å². The fraction of sp³-hybridized carbons (Fsp3) is 1.00. The Morgan fingerprint density at radius 3 is 2.47 bits per heavy atom. The first-order valence-electron chi connectivity index (χ1n) is 7.06. The summed E-state index contributed by atoms with van der Waals surface area (Å²) in [6.07, 6.45) is 5.17. The molecule has 1 aliphatic heterocycles. The third-order valence-corrected chi connectivity index (χ3v) is 5.31. The van der Waals surface area contributed by atoms with Crippen molar-refractivity contribution in [1.29, 1.82) is 0 Å². The predicted molar refractivity (Wildman–Crippen MR) is 80.0 cm³/mol. The molecule has 17 heavy (non-hydrogen) atoms. The molecular formula is C14H30N2S. The van der Waals surface area contributed by atoms with Crippen molar-refractivity contribution < 1.29 is 0 Å². The van der Waals surface area contributed by atoms with Crippen LogP contribution in [0.3, 0.4) is 0 Å². The summed E-state index contributed by atoms with van der Waals surface area (Å²) in [6, 6.07) is 0.742. The number of piperidine rings is 1. The van der Waals surface area contributed by atoms with Crippen LogP contribution in [0.5, 0.6) is 0 Å². The summed E-state index contributed by atoms with van der Waals surface area (Å²) in [5, 5.41) is 0. The van der Waals surface area contributed by atoms with Gasteiger partial charge in [-0.2, -0.15) is 12.6 Å². The summed E-state index contributed by atoms with van der Waals surface area (Å²) in [6.45, 7) is 8.30. The Kier molecular flexibility index (Phi) is 6.32. The highest BCUT2D eigenvalue weighted by atomic mass is 32.1. The summed E-state index contributed by atoms with van der Waals surface area (Å²) in [7, 11) is 4.54. The third kappa shape index (κ3) is 4.15. The average molecular weight is 258 g/mol. The number of thiol groups is 1. The first kappa shape index (κ1) is 15.3. The van der Waals surface area contributed by atoms with Gasteiger partial charge in [-0.1, -0.05) is 13.8 Å². The number of likely N-dealkylation sites (tertiary alicyclic amines) is 1. The summed E-state index contributed by atoms with van der Waals surface area (Å²) >= 11 is 4.58. The Morgan fingerprint density at radius 2 is 2.00 bits per heavy atom. The second-order valence-corrected chi connectivity index (χ2v) is 6.15. The smallest absolute Gasteiger partial charge is 0.0220 e. The van der Waals surface area contributed by atoms with E-state index in [2.05, 4.69) is 50.4 Å². The van der Waals surface area contributed by atoms with Crippen molar-refractivity contribution in [3.8, 4) is 0 Å². The van der Waals surface area contributed by atoms with Gasteiger partial charge in [-0.3, -0.25) is 0 Å². The minimum atomic E-state index is 0.411. The fourth-order valence-corrected chi connectivity index (χ4v) is 3.45. The van der Waals surface area contributed by atoms with Crippen LogP contribution in [0.1, 0.15) is 39.5 Å². The van der Waals surface area contributed by atoms with E-state index in [4.69, 9.17) is 0 Å². The van der Waals surface area contributed by atoms with Crippen molar-refractivity contribution in [2.45, 2.75) is 45.6 Å². The molecule has 0 spiro atoms. The zero-order valence-corrected chi connectivity index (χ0v) is 13.0. The van der Waals surface area contributed by atoms with Crippen molar-refractivity contribution in [2.24, 2.45) is 5.41 Å². The monoisotopic (exact) mass is 258 g/mol. The van der Waals surface area contributed by atoms with E-state index in [-0.39, 0.29) is 0 Å². The second kappa shape index (κ2) is 7.01. The normalized spacial score (nSPS) is 23.3. The van der Waals surface area contributed by atoms with E-state index >= 15 is 0 Å². The molecule has 1 rings (SSSR count). The van der Waals surface area contributed by atoms with Crippen LogP contribution in [0, 0.1) is 5.41 Å². The molecule has 1 aliphatic rings. The molecular weight excluding hydrogens is 228 g/mol. The van der Waals surface area contributed by atoms with E-state index in [1.165, 1.54) is 45.3 Å². The van der Waals surface area contributed by atoms with E-state index in [1.54, 1.807) is 0 Å². The first-order chi connectivity index (χ1) is 8.06. The van der Waals surface area contributed by atoms with Crippen LogP contribution in [0.4, 0.5) is 0 Å². The molecule has 1 saturated heterocycles. The maximum Gasteiger partial charge on any atom is 0.0220 e. The third-order valence-electron chi connectivity index (χ3n) is 4.64. The fourth-order valence-electron chi connectivity index (χ4n) is 2.90. The molecule has 0 aromatic rings. The molecule has 0 aliphatic carbocycles. The number of nitrogens with zero attached hydrogens (tertiary/aromatic N) is 2. The predicted octanol–water partition coefficient (Wildman–Crippen LogP) is 2.75. The van der Waals surface area contributed by atoms with E-state index in [0.717, 1.165) is 11.8 Å². The van der Waals surface area contributed by atoms with Gasteiger partial charge in [0.25, 0.3) is 0 Å². The van der Waals surface area contributed by atoms with Gasteiger partial charge in [0.05, 0.1) is 0 Å². The van der Waals surface area contributed by atoms with Crippen molar-refractivity contribution >= 4 is 12.6 Å². The highest BCUT2D eigenvalue weighted by Gasteiger charge is 2.30. The Bertz CT molecular complexity index is 208. The Morgan fingerprint density at radius 1 is 1.35 bits per heavy atom. The maximum absolute atomic E-state index is 4.58. The second-order valence-electron chi connectivity index (χ2n) is 5.84. The molecule has 1 heterocycles. The zero-order chi connectivity index (χ0) is 12.9. The van der Waals surface area contributed by atoms with Crippen molar-refractivity contribution in [3.63, 3.8) is 0 Å². The van der Waals surface area contributed by atoms with Crippen molar-refractivity contribution in [1.82, 2.24) is 9.80 Å². The lowest BCUT2D eigenvalue weighted by Crippen LogP contribution is -2.48. The lowest BCUT2D eigenvalue weighted by Gasteiger charge is -2.41. The standard InChI is InChI=1S/C14H30N2S/c1-5-14(6-2,12-17)11-16(4)13-8-7-9-15(3)10-13/h13,17H,5-12H2,1-4H3. The van der Waals surface area contributed by atoms with E-state index in [9.17, 15) is 0 Å². The number of likely N-dealkylation sites (N-methyl/N-ethyl adjacent to an activating group) is 2. The Labute approximate surface area is 113 Å². The summed E-state index contributed by atoms with van der Waals surface area (Å²) in [4.78, 5) is 5.05. The van der Waals surface area contributed by atoms with E-state index in [1.807, 2.05) is 0 Å². The molecule has 0 amide bonds. The van der Waals surface area contributed by atoms with Crippen LogP contribution in [-0.2, 0) is 0 Å². The molecule has 2 nitrogen and oxygen atoms in total. The molecule has 0 radical (unpaired) electrons. The Hall–Kier alpha value is 0.270. The van der Waals surface area contributed by atoms with Gasteiger partial charge < -0.3 is 9.80 Å². The van der Waals surface area contributed by atoms with Crippen LogP contribution >= 0.6 is 12.6 Å². The molecule has 3 heteroatoms. The minimum Gasteiger partial charge on any atom is -0.305 e. The van der Waals surface area contributed by atoms with Gasteiger partial charge in [-0.25, -0.2) is 0 Å². The highest BCUT2D eigenvalue weighted by molar-refractivity contribution is 7.80. The van der Waals surface area contributed by atoms with Gasteiger partial charge in [-0.05, 0) is 57.5 Å². The van der Waals surface area contributed by atoms with Crippen molar-refractivity contribution in [3.05, 3.63) is 0 Å². The molecule has 1 unspecified atom stereocenters. The molecule has 0 bridgehead atoms. The van der Waals surface area contributed by atoms with E-state index < -0.39 is 0 Å². The minimum absolute atomic E-state index is 0.411. The van der Waals surface area contributed by atoms with Crippen LogP contribution in [-0.4, -0.2) is 55.3 Å². The molecule has 0 N–H and O–H groups in total. The van der Waals surface area contributed by atoms with Gasteiger partial charge >= 0.3 is 0 Å². The van der Waals surface area contributed by atoms with E-state index in [0.29, 0.717) is 5.41 Å².